The maximum atomic E-state index is 10.8. The predicted molar refractivity (Wildman–Crippen MR) is 61.2 cm³/mol. The molecule has 1 fully saturated rings. The second-order valence-corrected chi connectivity index (χ2v) is 4.23. The number of carboxylic acid groups (broad SMARTS) is 1. The zero-order valence-corrected chi connectivity index (χ0v) is 9.83. The number of ether oxygens (including phenoxy) is 1. The predicted octanol–water partition coefficient (Wildman–Crippen LogP) is 0.788. The smallest absolute Gasteiger partial charge is 0.354 e. The van der Waals surface area contributed by atoms with E-state index in [1.165, 1.54) is 12.4 Å². The molecule has 2 atom stereocenters. The summed E-state index contributed by atoms with van der Waals surface area (Å²) in [6.45, 7) is 5.39. The van der Waals surface area contributed by atoms with Crippen molar-refractivity contribution in [3.63, 3.8) is 0 Å². The third kappa shape index (κ3) is 2.71. The Hall–Kier alpha value is -1.69. The average molecular weight is 237 g/mol. The highest BCUT2D eigenvalue weighted by Crippen LogP contribution is 2.18. The Bertz CT molecular complexity index is 414. The summed E-state index contributed by atoms with van der Waals surface area (Å²) in [4.78, 5) is 20.7. The van der Waals surface area contributed by atoms with Gasteiger partial charge in [-0.1, -0.05) is 0 Å². The molecule has 1 aliphatic rings. The molecule has 2 rings (SSSR count). The summed E-state index contributed by atoms with van der Waals surface area (Å²) in [6, 6.07) is 1.49. The molecule has 17 heavy (non-hydrogen) atoms. The number of morpholine rings is 1. The summed E-state index contributed by atoms with van der Waals surface area (Å²) in [6.07, 6.45) is 1.51. The molecule has 0 unspecified atom stereocenters. The van der Waals surface area contributed by atoms with Crippen molar-refractivity contribution >= 4 is 11.8 Å². The molecule has 92 valence electrons. The molecule has 1 aliphatic heterocycles. The van der Waals surface area contributed by atoms with Gasteiger partial charge in [-0.25, -0.2) is 14.8 Å². The third-order valence-corrected chi connectivity index (χ3v) is 2.62. The van der Waals surface area contributed by atoms with Gasteiger partial charge in [0, 0.05) is 19.2 Å². The lowest BCUT2D eigenvalue weighted by molar-refractivity contribution is -0.00546. The van der Waals surface area contributed by atoms with Crippen LogP contribution >= 0.6 is 0 Å². The van der Waals surface area contributed by atoms with Crippen LogP contribution in [0.25, 0.3) is 0 Å². The van der Waals surface area contributed by atoms with Crippen molar-refractivity contribution in [2.75, 3.05) is 18.0 Å². The zero-order valence-electron chi connectivity index (χ0n) is 9.83. The van der Waals surface area contributed by atoms with Crippen molar-refractivity contribution in [2.45, 2.75) is 26.1 Å². The molecule has 0 saturated carbocycles. The first-order valence-electron chi connectivity index (χ1n) is 5.52. The Morgan fingerprint density at radius 3 is 2.65 bits per heavy atom. The van der Waals surface area contributed by atoms with Crippen molar-refractivity contribution in [1.82, 2.24) is 9.97 Å². The molecule has 6 nitrogen and oxygen atoms in total. The van der Waals surface area contributed by atoms with E-state index >= 15 is 0 Å². The van der Waals surface area contributed by atoms with Gasteiger partial charge in [-0.2, -0.15) is 0 Å². The summed E-state index contributed by atoms with van der Waals surface area (Å²) in [5.41, 5.74) is 0.0156. The Morgan fingerprint density at radius 1 is 1.41 bits per heavy atom. The Labute approximate surface area is 99.2 Å². The maximum Gasteiger partial charge on any atom is 0.354 e. The van der Waals surface area contributed by atoms with Gasteiger partial charge < -0.3 is 14.7 Å². The fourth-order valence-electron chi connectivity index (χ4n) is 2.00. The van der Waals surface area contributed by atoms with Crippen LogP contribution in [0.1, 0.15) is 24.3 Å². The van der Waals surface area contributed by atoms with Crippen LogP contribution in [0.5, 0.6) is 0 Å². The number of anilines is 1. The van der Waals surface area contributed by atoms with E-state index < -0.39 is 5.97 Å². The third-order valence-electron chi connectivity index (χ3n) is 2.62. The van der Waals surface area contributed by atoms with Crippen molar-refractivity contribution in [3.8, 4) is 0 Å². The fourth-order valence-corrected chi connectivity index (χ4v) is 2.00. The number of carboxylic acids is 1. The van der Waals surface area contributed by atoms with Crippen LogP contribution in [-0.2, 0) is 4.74 Å². The second-order valence-electron chi connectivity index (χ2n) is 4.23. The second kappa shape index (κ2) is 4.67. The minimum absolute atomic E-state index is 0.0156. The highest BCUT2D eigenvalue weighted by Gasteiger charge is 2.23. The number of hydrogen-bond acceptors (Lipinski definition) is 5. The fraction of sp³-hybridized carbons (Fsp3) is 0.545. The molecule has 0 amide bonds. The lowest BCUT2D eigenvalue weighted by atomic mass is 10.2. The highest BCUT2D eigenvalue weighted by molar-refractivity contribution is 5.86. The molecule has 1 aromatic heterocycles. The minimum Gasteiger partial charge on any atom is -0.477 e. The molecule has 0 bridgehead atoms. The largest absolute Gasteiger partial charge is 0.477 e. The Morgan fingerprint density at radius 2 is 2.06 bits per heavy atom. The van der Waals surface area contributed by atoms with E-state index in [1.54, 1.807) is 0 Å². The van der Waals surface area contributed by atoms with Crippen molar-refractivity contribution in [1.29, 1.82) is 0 Å². The van der Waals surface area contributed by atoms with Gasteiger partial charge in [0.05, 0.1) is 12.2 Å². The van der Waals surface area contributed by atoms with Gasteiger partial charge in [-0.3, -0.25) is 0 Å². The van der Waals surface area contributed by atoms with Gasteiger partial charge in [0.2, 0.25) is 0 Å². The molecule has 1 aromatic rings. The number of aromatic nitrogens is 2. The van der Waals surface area contributed by atoms with Crippen LogP contribution < -0.4 is 4.90 Å². The molecule has 0 aromatic carbocycles. The summed E-state index contributed by atoms with van der Waals surface area (Å²) < 4.78 is 5.61. The van der Waals surface area contributed by atoms with Crippen molar-refractivity contribution in [3.05, 3.63) is 18.1 Å². The van der Waals surface area contributed by atoms with E-state index in [0.717, 1.165) is 0 Å². The first-order valence-corrected chi connectivity index (χ1v) is 5.52. The highest BCUT2D eigenvalue weighted by atomic mass is 16.5. The van der Waals surface area contributed by atoms with Gasteiger partial charge >= 0.3 is 5.97 Å². The molecule has 0 spiro atoms. The van der Waals surface area contributed by atoms with Crippen LogP contribution in [0.3, 0.4) is 0 Å². The van der Waals surface area contributed by atoms with Crippen molar-refractivity contribution < 1.29 is 14.6 Å². The van der Waals surface area contributed by atoms with Crippen LogP contribution in [0, 0.1) is 0 Å². The topological polar surface area (TPSA) is 75.6 Å². The van der Waals surface area contributed by atoms with Crippen LogP contribution in [0.2, 0.25) is 0 Å². The molecule has 0 aliphatic carbocycles. The summed E-state index contributed by atoms with van der Waals surface area (Å²) in [7, 11) is 0. The average Bonchev–Trinajstić information content (AvgIpc) is 2.28. The summed E-state index contributed by atoms with van der Waals surface area (Å²) in [5, 5.41) is 8.88. The molecule has 1 N–H and O–H groups in total. The van der Waals surface area contributed by atoms with E-state index in [9.17, 15) is 4.79 Å². The number of aromatic carboxylic acids is 1. The number of nitrogens with zero attached hydrogens (tertiary/aromatic N) is 3. The van der Waals surface area contributed by atoms with E-state index in [1.807, 2.05) is 18.7 Å². The first kappa shape index (κ1) is 11.8. The first-order chi connectivity index (χ1) is 8.06. The van der Waals surface area contributed by atoms with Crippen LogP contribution in [0.4, 0.5) is 5.82 Å². The van der Waals surface area contributed by atoms with E-state index in [-0.39, 0.29) is 17.9 Å². The lowest BCUT2D eigenvalue weighted by Crippen LogP contribution is -2.45. The number of carbonyl (C=O) groups is 1. The maximum absolute atomic E-state index is 10.8. The monoisotopic (exact) mass is 237 g/mol. The Balaban J connectivity index is 2.21. The van der Waals surface area contributed by atoms with Gasteiger partial charge in [0.25, 0.3) is 0 Å². The van der Waals surface area contributed by atoms with Gasteiger partial charge in [0.15, 0.2) is 5.69 Å². The molecule has 6 heteroatoms. The molecule has 0 radical (unpaired) electrons. The van der Waals surface area contributed by atoms with Crippen LogP contribution in [-0.4, -0.2) is 46.3 Å². The molecule has 2 heterocycles. The van der Waals surface area contributed by atoms with E-state index in [2.05, 4.69) is 9.97 Å². The van der Waals surface area contributed by atoms with Gasteiger partial charge in [0.1, 0.15) is 12.1 Å². The number of hydrogen-bond donors (Lipinski definition) is 1. The molecular formula is C11H15N3O3. The minimum atomic E-state index is -1.04. The van der Waals surface area contributed by atoms with Gasteiger partial charge in [-0.15, -0.1) is 0 Å². The molecular weight excluding hydrogens is 222 g/mol. The number of rotatable bonds is 2. The summed E-state index contributed by atoms with van der Waals surface area (Å²) in [5.74, 6) is -0.401. The van der Waals surface area contributed by atoms with Gasteiger partial charge in [-0.05, 0) is 13.8 Å². The van der Waals surface area contributed by atoms with E-state index in [4.69, 9.17) is 9.84 Å². The zero-order chi connectivity index (χ0) is 12.4. The van der Waals surface area contributed by atoms with Crippen molar-refractivity contribution in [2.24, 2.45) is 0 Å². The SMILES string of the molecule is C[C@@H]1CN(c2cc(C(=O)O)ncn2)C[C@H](C)O1. The molecule has 1 saturated heterocycles. The quantitative estimate of drug-likeness (QED) is 0.819. The lowest BCUT2D eigenvalue weighted by Gasteiger charge is -2.36. The Kier molecular flexibility index (Phi) is 3.23. The normalized spacial score (nSPS) is 24.7. The standard InChI is InChI=1S/C11H15N3O3/c1-7-4-14(5-8(2)17-7)10-3-9(11(15)16)12-6-13-10/h3,6-8H,4-5H2,1-2H3,(H,15,16)/t7-,8+. The van der Waals surface area contributed by atoms with Crippen LogP contribution in [0.15, 0.2) is 12.4 Å². The summed E-state index contributed by atoms with van der Waals surface area (Å²) >= 11 is 0. The van der Waals surface area contributed by atoms with E-state index in [0.29, 0.717) is 18.9 Å².